The Labute approximate surface area is 207 Å². The van der Waals surface area contributed by atoms with Crippen LogP contribution in [-0.2, 0) is 21.2 Å². The lowest BCUT2D eigenvalue weighted by Gasteiger charge is -2.30. The molecule has 2 aliphatic rings. The van der Waals surface area contributed by atoms with Crippen LogP contribution >= 0.6 is 23.1 Å². The first-order chi connectivity index (χ1) is 16.4. The number of rotatable bonds is 2. The molecule has 0 spiro atoms. The Morgan fingerprint density at radius 1 is 0.914 bits per heavy atom. The van der Waals surface area contributed by atoms with Gasteiger partial charge in [0.1, 0.15) is 5.25 Å². The number of carbonyl (C=O) groups excluding carboxylic acids is 2. The van der Waals surface area contributed by atoms with E-state index in [9.17, 15) is 27.6 Å². The van der Waals surface area contributed by atoms with Crippen molar-refractivity contribution in [2.75, 3.05) is 4.90 Å². The zero-order valence-electron chi connectivity index (χ0n) is 19.0. The summed E-state index contributed by atoms with van der Waals surface area (Å²) in [7, 11) is 0. The van der Waals surface area contributed by atoms with Crippen molar-refractivity contribution in [3.05, 3.63) is 79.8 Å². The van der Waals surface area contributed by atoms with Crippen LogP contribution in [0, 0.1) is 5.92 Å². The molecule has 1 saturated heterocycles. The van der Waals surface area contributed by atoms with Crippen LogP contribution in [-0.4, -0.2) is 22.0 Å². The molecule has 1 aromatic heterocycles. The fourth-order valence-corrected chi connectivity index (χ4v) is 7.23. The largest absolute Gasteiger partial charge is 0.418 e. The monoisotopic (exact) mass is 518 g/mol. The first kappa shape index (κ1) is 23.9. The highest BCUT2D eigenvalue weighted by Gasteiger charge is 2.57. The number of carbonyl (C=O) groups is 2. The van der Waals surface area contributed by atoms with Crippen molar-refractivity contribution in [1.29, 1.82) is 0 Å². The summed E-state index contributed by atoms with van der Waals surface area (Å²) < 4.78 is 41.2. The quantitative estimate of drug-likeness (QED) is 0.452. The lowest BCUT2D eigenvalue weighted by molar-refractivity contribution is -0.137. The third-order valence-electron chi connectivity index (χ3n) is 6.41. The van der Waals surface area contributed by atoms with Crippen LogP contribution in [0.5, 0.6) is 0 Å². The van der Waals surface area contributed by atoms with Gasteiger partial charge in [-0.3, -0.25) is 14.4 Å². The molecule has 3 aromatic rings. The van der Waals surface area contributed by atoms with E-state index in [1.807, 2.05) is 24.3 Å². The van der Waals surface area contributed by atoms with Gasteiger partial charge in [0.05, 0.1) is 22.2 Å². The number of aromatic nitrogens is 1. The van der Waals surface area contributed by atoms with Crippen molar-refractivity contribution in [1.82, 2.24) is 4.98 Å². The molecule has 3 atom stereocenters. The Kier molecular flexibility index (Phi) is 5.52. The van der Waals surface area contributed by atoms with Crippen LogP contribution in [0.3, 0.4) is 0 Å². The van der Waals surface area contributed by atoms with Crippen molar-refractivity contribution in [2.45, 2.75) is 48.6 Å². The van der Waals surface area contributed by atoms with Gasteiger partial charge < -0.3 is 4.98 Å². The zero-order chi connectivity index (χ0) is 25.3. The molecular weight excluding hydrogens is 497 g/mol. The molecule has 5 nitrogen and oxygen atoms in total. The molecule has 0 aliphatic carbocycles. The number of thiazole rings is 1. The second-order valence-electron chi connectivity index (χ2n) is 9.65. The van der Waals surface area contributed by atoms with Crippen LogP contribution < -0.4 is 9.77 Å². The van der Waals surface area contributed by atoms with Crippen molar-refractivity contribution in [2.24, 2.45) is 5.92 Å². The number of nitrogens with one attached hydrogen (secondary N) is 1. The fourth-order valence-electron chi connectivity index (χ4n) is 4.71. The van der Waals surface area contributed by atoms with E-state index in [-0.39, 0.29) is 10.3 Å². The van der Waals surface area contributed by atoms with Gasteiger partial charge in [-0.1, -0.05) is 80.3 Å². The summed E-state index contributed by atoms with van der Waals surface area (Å²) in [6.45, 7) is 6.21. The van der Waals surface area contributed by atoms with E-state index >= 15 is 0 Å². The van der Waals surface area contributed by atoms with Gasteiger partial charge in [0.2, 0.25) is 11.8 Å². The highest BCUT2D eigenvalue weighted by Crippen LogP contribution is 2.54. The molecule has 2 aliphatic heterocycles. The normalized spacial score (nSPS) is 22.3. The van der Waals surface area contributed by atoms with Gasteiger partial charge in [-0.2, -0.15) is 13.2 Å². The van der Waals surface area contributed by atoms with E-state index in [1.165, 1.54) is 12.1 Å². The maximum atomic E-state index is 13.7. The number of para-hydroxylation sites is 1. The van der Waals surface area contributed by atoms with Crippen molar-refractivity contribution in [3.63, 3.8) is 0 Å². The number of anilines is 1. The number of H-pyrrole nitrogens is 1. The SMILES string of the molecule is CC(C)(C)c1ccc([C@H]2c3sc(=O)[nH]c3SC3C(=O)N(c4ccccc4C(F)(F)F)C(=O)C32)cc1. The summed E-state index contributed by atoms with van der Waals surface area (Å²) in [6, 6.07) is 12.2. The molecule has 2 unspecified atom stereocenters. The highest BCUT2D eigenvalue weighted by atomic mass is 32.2. The number of halogens is 3. The summed E-state index contributed by atoms with van der Waals surface area (Å²) in [5.74, 6) is -2.97. The van der Waals surface area contributed by atoms with E-state index in [2.05, 4.69) is 25.8 Å². The third-order valence-corrected chi connectivity index (χ3v) is 8.81. The molecule has 1 fully saturated rings. The minimum atomic E-state index is -4.73. The van der Waals surface area contributed by atoms with E-state index in [4.69, 9.17) is 0 Å². The molecule has 0 saturated carbocycles. The summed E-state index contributed by atoms with van der Waals surface area (Å²) in [5, 5.41) is -0.466. The predicted octanol–water partition coefficient (Wildman–Crippen LogP) is 5.55. The topological polar surface area (TPSA) is 70.2 Å². The van der Waals surface area contributed by atoms with Crippen molar-refractivity contribution >= 4 is 40.6 Å². The predicted molar refractivity (Wildman–Crippen MR) is 129 cm³/mol. The number of aromatic amines is 1. The first-order valence-corrected chi connectivity index (χ1v) is 12.6. The molecule has 3 heterocycles. The number of hydrogen-bond acceptors (Lipinski definition) is 5. The van der Waals surface area contributed by atoms with Crippen LogP contribution in [0.2, 0.25) is 0 Å². The highest BCUT2D eigenvalue weighted by molar-refractivity contribution is 8.00. The van der Waals surface area contributed by atoms with Gasteiger partial charge in [0, 0.05) is 10.8 Å². The number of nitrogens with zero attached hydrogens (tertiary/aromatic N) is 1. The Hall–Kier alpha value is -2.85. The number of thioether (sulfide) groups is 1. The number of hydrogen-bond donors (Lipinski definition) is 1. The summed E-state index contributed by atoms with van der Waals surface area (Å²) in [5.41, 5.74) is 0.186. The van der Waals surface area contributed by atoms with Gasteiger partial charge in [-0.15, -0.1) is 0 Å². The average Bonchev–Trinajstić information content (AvgIpc) is 3.27. The van der Waals surface area contributed by atoms with Crippen LogP contribution in [0.4, 0.5) is 18.9 Å². The second kappa shape index (κ2) is 8.09. The Morgan fingerprint density at radius 2 is 1.57 bits per heavy atom. The van der Waals surface area contributed by atoms with Gasteiger partial charge in [0.25, 0.3) is 0 Å². The lowest BCUT2D eigenvalue weighted by atomic mass is 9.81. The standard InChI is InChI=1S/C25H21F3N2O3S2/c1-24(2,3)13-10-8-12(9-11-13)16-17-19(34-20-18(16)35-23(33)29-20)22(32)30(21(17)31)15-7-5-4-6-14(15)25(26,27)28/h4-11,16-17,19H,1-3H3,(H,29,33)/t16-,17?,19?/m1/s1. The summed E-state index contributed by atoms with van der Waals surface area (Å²) in [6.07, 6.45) is -4.73. The van der Waals surface area contributed by atoms with Gasteiger partial charge in [0.15, 0.2) is 0 Å². The Bertz CT molecular complexity index is 1390. The van der Waals surface area contributed by atoms with Crippen LogP contribution in [0.15, 0.2) is 58.4 Å². The zero-order valence-corrected chi connectivity index (χ0v) is 20.6. The minimum Gasteiger partial charge on any atom is -0.307 e. The number of fused-ring (bicyclic) bond motifs is 2. The number of amides is 2. The average molecular weight is 519 g/mol. The molecule has 35 heavy (non-hydrogen) atoms. The molecule has 182 valence electrons. The minimum absolute atomic E-state index is 0.106. The Morgan fingerprint density at radius 3 is 2.20 bits per heavy atom. The molecule has 2 aromatic carbocycles. The van der Waals surface area contributed by atoms with Gasteiger partial charge in [-0.05, 0) is 28.7 Å². The molecule has 10 heteroatoms. The van der Waals surface area contributed by atoms with Crippen molar-refractivity contribution in [3.8, 4) is 0 Å². The van der Waals surface area contributed by atoms with Gasteiger partial charge >= 0.3 is 11.0 Å². The van der Waals surface area contributed by atoms with Gasteiger partial charge in [-0.25, -0.2) is 4.90 Å². The summed E-state index contributed by atoms with van der Waals surface area (Å²) in [4.78, 5) is 43.0. The fraction of sp³-hybridized carbons (Fsp3) is 0.320. The van der Waals surface area contributed by atoms with Crippen molar-refractivity contribution < 1.29 is 22.8 Å². The Balaban J connectivity index is 1.64. The molecule has 0 radical (unpaired) electrons. The maximum absolute atomic E-state index is 13.7. The van der Waals surface area contributed by atoms with E-state index in [0.717, 1.165) is 46.4 Å². The third kappa shape index (κ3) is 3.92. The molecular formula is C25H21F3N2O3S2. The second-order valence-corrected chi connectivity index (χ2v) is 11.8. The first-order valence-electron chi connectivity index (χ1n) is 10.9. The number of alkyl halides is 3. The molecule has 1 N–H and O–H groups in total. The van der Waals surface area contributed by atoms with E-state index in [1.54, 1.807) is 0 Å². The summed E-state index contributed by atoms with van der Waals surface area (Å²) >= 11 is 2.00. The number of imide groups is 1. The lowest BCUT2D eigenvalue weighted by Crippen LogP contribution is -2.33. The van der Waals surface area contributed by atoms with E-state index < -0.39 is 46.3 Å². The maximum Gasteiger partial charge on any atom is 0.418 e. The van der Waals surface area contributed by atoms with Crippen LogP contribution in [0.25, 0.3) is 0 Å². The smallest absolute Gasteiger partial charge is 0.307 e. The molecule has 5 rings (SSSR count). The van der Waals surface area contributed by atoms with Crippen LogP contribution in [0.1, 0.15) is 48.3 Å². The molecule has 0 bridgehead atoms. The number of benzene rings is 2. The van der Waals surface area contributed by atoms with E-state index in [0.29, 0.717) is 14.8 Å². The molecule has 2 amide bonds.